The number of ether oxygens (including phenoxy) is 3. The van der Waals surface area contributed by atoms with Gasteiger partial charge >= 0.3 is 0 Å². The zero-order valence-electron chi connectivity index (χ0n) is 17.0. The molecule has 2 aromatic carbocycles. The number of fused-ring (bicyclic) bond motifs is 1. The predicted molar refractivity (Wildman–Crippen MR) is 112 cm³/mol. The molecule has 2 aliphatic heterocycles. The van der Waals surface area contributed by atoms with Crippen LogP contribution in [0.15, 0.2) is 53.1 Å². The number of methoxy groups -OCH3 is 1. The molecule has 0 aliphatic carbocycles. The summed E-state index contributed by atoms with van der Waals surface area (Å²) in [5.74, 6) is 3.16. The first-order valence-electron chi connectivity index (χ1n) is 10.2. The smallest absolute Gasteiger partial charge is 0.231 e. The molecule has 0 saturated carbocycles. The van der Waals surface area contributed by atoms with Crippen LogP contribution >= 0.6 is 0 Å². The van der Waals surface area contributed by atoms with Gasteiger partial charge < -0.3 is 18.6 Å². The lowest BCUT2D eigenvalue weighted by atomic mass is 10.1. The lowest BCUT2D eigenvalue weighted by Gasteiger charge is -2.34. The van der Waals surface area contributed by atoms with Gasteiger partial charge in [0, 0.05) is 44.8 Å². The summed E-state index contributed by atoms with van der Waals surface area (Å²) in [6, 6.07) is 14.0. The van der Waals surface area contributed by atoms with Crippen molar-refractivity contribution in [2.75, 3.05) is 40.1 Å². The van der Waals surface area contributed by atoms with Crippen LogP contribution in [0, 0.1) is 0 Å². The van der Waals surface area contributed by atoms with E-state index < -0.39 is 0 Å². The average molecular weight is 407 g/mol. The number of piperazine rings is 1. The first-order valence-corrected chi connectivity index (χ1v) is 10.2. The fourth-order valence-corrected chi connectivity index (χ4v) is 3.88. The van der Waals surface area contributed by atoms with Crippen molar-refractivity contribution in [3.63, 3.8) is 0 Å². The molecule has 7 nitrogen and oxygen atoms in total. The molecular weight excluding hydrogens is 382 g/mol. The van der Waals surface area contributed by atoms with Crippen molar-refractivity contribution in [3.8, 4) is 28.7 Å². The van der Waals surface area contributed by atoms with Crippen LogP contribution in [-0.4, -0.2) is 54.9 Å². The SMILES string of the molecule is COc1ccc(-c2nc(CN3CCN(Cc4ccc5c(c4)OCO5)CC3)co2)cc1. The number of aromatic nitrogens is 1. The molecule has 0 N–H and O–H groups in total. The van der Waals surface area contributed by atoms with Crippen LogP contribution in [0.5, 0.6) is 17.2 Å². The standard InChI is InChI=1S/C23H25N3O4/c1-27-20-5-3-18(4-6-20)23-24-19(15-28-23)14-26-10-8-25(9-11-26)13-17-2-7-21-22(12-17)30-16-29-21/h2-7,12,15H,8-11,13-14,16H2,1H3. The molecule has 5 rings (SSSR count). The summed E-state index contributed by atoms with van der Waals surface area (Å²) < 4.78 is 21.8. The molecule has 2 aliphatic rings. The Hall–Kier alpha value is -3.03. The van der Waals surface area contributed by atoms with Crippen molar-refractivity contribution in [2.45, 2.75) is 13.1 Å². The summed E-state index contributed by atoms with van der Waals surface area (Å²) in [5.41, 5.74) is 3.17. The van der Waals surface area contributed by atoms with E-state index in [1.54, 1.807) is 13.4 Å². The van der Waals surface area contributed by atoms with Gasteiger partial charge in [-0.15, -0.1) is 0 Å². The molecule has 0 atom stereocenters. The summed E-state index contributed by atoms with van der Waals surface area (Å²) in [5, 5.41) is 0. The van der Waals surface area contributed by atoms with Crippen LogP contribution in [0.25, 0.3) is 11.5 Å². The molecular formula is C23H25N3O4. The topological polar surface area (TPSA) is 60.2 Å². The first kappa shape index (κ1) is 19.0. The molecule has 1 saturated heterocycles. The van der Waals surface area contributed by atoms with Crippen molar-refractivity contribution < 1.29 is 18.6 Å². The summed E-state index contributed by atoms with van der Waals surface area (Å²) in [7, 11) is 1.66. The second-order valence-electron chi connectivity index (χ2n) is 7.61. The van der Waals surface area contributed by atoms with Crippen molar-refractivity contribution >= 4 is 0 Å². The van der Waals surface area contributed by atoms with E-state index in [4.69, 9.17) is 18.6 Å². The molecule has 30 heavy (non-hydrogen) atoms. The predicted octanol–water partition coefficient (Wildman–Crippen LogP) is 3.40. The highest BCUT2D eigenvalue weighted by Gasteiger charge is 2.20. The minimum atomic E-state index is 0.319. The van der Waals surface area contributed by atoms with Crippen LogP contribution in [0.4, 0.5) is 0 Å². The number of nitrogens with zero attached hydrogens (tertiary/aromatic N) is 3. The summed E-state index contributed by atoms with van der Waals surface area (Å²) in [6.07, 6.45) is 1.76. The van der Waals surface area contributed by atoms with Crippen LogP contribution in [-0.2, 0) is 13.1 Å². The van der Waals surface area contributed by atoms with Gasteiger partial charge in [0.05, 0.1) is 12.8 Å². The molecule has 3 aromatic rings. The van der Waals surface area contributed by atoms with E-state index in [0.717, 1.165) is 67.8 Å². The fraction of sp³-hybridized carbons (Fsp3) is 0.348. The third-order valence-corrected chi connectivity index (χ3v) is 5.58. The maximum Gasteiger partial charge on any atom is 0.231 e. The Morgan fingerprint density at radius 3 is 2.40 bits per heavy atom. The minimum absolute atomic E-state index is 0.319. The van der Waals surface area contributed by atoms with Gasteiger partial charge in [0.1, 0.15) is 12.0 Å². The normalized spacial score (nSPS) is 16.7. The number of oxazole rings is 1. The number of rotatable bonds is 6. The fourth-order valence-electron chi connectivity index (χ4n) is 3.88. The maximum absolute atomic E-state index is 5.69. The number of hydrogen-bond acceptors (Lipinski definition) is 7. The highest BCUT2D eigenvalue weighted by molar-refractivity contribution is 5.54. The van der Waals surface area contributed by atoms with Crippen molar-refractivity contribution in [1.82, 2.24) is 14.8 Å². The molecule has 1 aromatic heterocycles. The highest BCUT2D eigenvalue weighted by atomic mass is 16.7. The largest absolute Gasteiger partial charge is 0.497 e. The van der Waals surface area contributed by atoms with Gasteiger partial charge in [-0.05, 0) is 42.0 Å². The van der Waals surface area contributed by atoms with E-state index in [0.29, 0.717) is 12.7 Å². The quantitative estimate of drug-likeness (QED) is 0.621. The monoisotopic (exact) mass is 407 g/mol. The Balaban J connectivity index is 1.13. The first-order chi connectivity index (χ1) is 14.8. The molecule has 7 heteroatoms. The second-order valence-corrected chi connectivity index (χ2v) is 7.61. The van der Waals surface area contributed by atoms with Crippen LogP contribution in [0.1, 0.15) is 11.3 Å². The Kier molecular flexibility index (Phi) is 5.29. The van der Waals surface area contributed by atoms with Crippen molar-refractivity contribution in [1.29, 1.82) is 0 Å². The van der Waals surface area contributed by atoms with Crippen LogP contribution in [0.3, 0.4) is 0 Å². The number of hydrogen-bond donors (Lipinski definition) is 0. The van der Waals surface area contributed by atoms with Crippen molar-refractivity contribution in [2.24, 2.45) is 0 Å². The van der Waals surface area contributed by atoms with E-state index in [9.17, 15) is 0 Å². The average Bonchev–Trinajstić information content (AvgIpc) is 3.44. The third kappa shape index (κ3) is 4.13. The van der Waals surface area contributed by atoms with E-state index in [1.165, 1.54) is 5.56 Å². The Morgan fingerprint density at radius 2 is 1.63 bits per heavy atom. The van der Waals surface area contributed by atoms with Gasteiger partial charge in [0.15, 0.2) is 11.5 Å². The summed E-state index contributed by atoms with van der Waals surface area (Å²) in [6.45, 7) is 6.12. The Labute approximate surface area is 175 Å². The lowest BCUT2D eigenvalue weighted by molar-refractivity contribution is 0.121. The van der Waals surface area contributed by atoms with Gasteiger partial charge in [-0.25, -0.2) is 4.98 Å². The van der Waals surface area contributed by atoms with Gasteiger partial charge in [-0.1, -0.05) is 6.07 Å². The molecule has 0 radical (unpaired) electrons. The van der Waals surface area contributed by atoms with E-state index in [-0.39, 0.29) is 0 Å². The minimum Gasteiger partial charge on any atom is -0.497 e. The molecule has 3 heterocycles. The van der Waals surface area contributed by atoms with E-state index in [2.05, 4.69) is 26.9 Å². The molecule has 0 unspecified atom stereocenters. The zero-order valence-corrected chi connectivity index (χ0v) is 17.0. The molecule has 0 spiro atoms. The maximum atomic E-state index is 5.69. The molecule has 0 bridgehead atoms. The molecule has 1 fully saturated rings. The van der Waals surface area contributed by atoms with Crippen molar-refractivity contribution in [3.05, 3.63) is 60.0 Å². The molecule has 156 valence electrons. The number of benzene rings is 2. The van der Waals surface area contributed by atoms with Crippen LogP contribution < -0.4 is 14.2 Å². The van der Waals surface area contributed by atoms with Gasteiger partial charge in [0.2, 0.25) is 12.7 Å². The summed E-state index contributed by atoms with van der Waals surface area (Å²) in [4.78, 5) is 9.56. The zero-order chi connectivity index (χ0) is 20.3. The third-order valence-electron chi connectivity index (χ3n) is 5.58. The van der Waals surface area contributed by atoms with Gasteiger partial charge in [-0.3, -0.25) is 9.80 Å². The lowest BCUT2D eigenvalue weighted by Crippen LogP contribution is -2.45. The van der Waals surface area contributed by atoms with Gasteiger partial charge in [0.25, 0.3) is 0 Å². The van der Waals surface area contributed by atoms with Gasteiger partial charge in [-0.2, -0.15) is 0 Å². The Morgan fingerprint density at radius 1 is 0.900 bits per heavy atom. The Bertz CT molecular complexity index is 994. The summed E-state index contributed by atoms with van der Waals surface area (Å²) >= 11 is 0. The highest BCUT2D eigenvalue weighted by Crippen LogP contribution is 2.33. The van der Waals surface area contributed by atoms with Crippen LogP contribution in [0.2, 0.25) is 0 Å². The van der Waals surface area contributed by atoms with E-state index in [1.807, 2.05) is 30.3 Å². The van der Waals surface area contributed by atoms with E-state index >= 15 is 0 Å². The second kappa shape index (κ2) is 8.38. The molecule has 0 amide bonds.